The van der Waals surface area contributed by atoms with Gasteiger partial charge in [-0.25, -0.2) is 4.79 Å². The number of quaternary nitrogens is 1. The van der Waals surface area contributed by atoms with Crippen molar-refractivity contribution in [3.8, 4) is 0 Å². The molecule has 5 nitrogen and oxygen atoms in total. The van der Waals surface area contributed by atoms with E-state index in [4.69, 9.17) is 4.74 Å². The lowest BCUT2D eigenvalue weighted by Crippen LogP contribution is -2.60. The van der Waals surface area contributed by atoms with Gasteiger partial charge in [-0.05, 0) is 5.56 Å². The number of carbonyl (C=O) groups excluding carboxylic acids is 2. The Morgan fingerprint density at radius 1 is 1.00 bits per heavy atom. The summed E-state index contributed by atoms with van der Waals surface area (Å²) in [5.41, 5.74) is 1.30. The number of aliphatic hydroxyl groups is 1. The van der Waals surface area contributed by atoms with Gasteiger partial charge < -0.3 is 14.3 Å². The molecule has 152 valence electrons. The van der Waals surface area contributed by atoms with Crippen LogP contribution in [0.4, 0.5) is 0 Å². The third-order valence-electron chi connectivity index (χ3n) is 6.77. The fraction of sp³-hybridized carbons (Fsp3) is 0.417. The van der Waals surface area contributed by atoms with Gasteiger partial charge >= 0.3 is 5.97 Å². The number of hydrogen-bond donors (Lipinski definition) is 1. The lowest BCUT2D eigenvalue weighted by atomic mass is 9.95. The van der Waals surface area contributed by atoms with E-state index in [0.717, 1.165) is 35.7 Å². The molecule has 2 bridgehead atoms. The predicted molar refractivity (Wildman–Crippen MR) is 109 cm³/mol. The molecule has 0 aliphatic carbocycles. The Hall–Kier alpha value is -2.50. The number of ether oxygens (including phenoxy) is 1. The molecule has 1 N–H and O–H groups in total. The third-order valence-corrected chi connectivity index (χ3v) is 6.77. The summed E-state index contributed by atoms with van der Waals surface area (Å²) in [5.74, 6) is -0.419. The molecule has 2 aliphatic heterocycles. The second-order valence-electron chi connectivity index (χ2n) is 8.52. The monoisotopic (exact) mass is 394 g/mol. The van der Waals surface area contributed by atoms with Crippen LogP contribution in [-0.2, 0) is 9.53 Å². The maximum atomic E-state index is 12.8. The molecule has 0 aromatic heterocycles. The molecule has 2 aromatic carbocycles. The van der Waals surface area contributed by atoms with Gasteiger partial charge in [0.2, 0.25) is 5.78 Å². The SMILES string of the molecule is C[N+]1(CC(=O)c2ccccc2)C2CCC1CC(OC(=O)C(O)c1ccccc1)C2. The van der Waals surface area contributed by atoms with Crippen molar-refractivity contribution in [1.29, 1.82) is 0 Å². The molecule has 3 unspecified atom stereocenters. The standard InChI is InChI=1S/C24H28NO4/c1-25(16-22(26)17-8-4-2-5-9-17)19-12-13-20(25)15-21(14-19)29-24(28)23(27)18-10-6-3-7-11-18/h2-11,19-21,23,27H,12-16H2,1H3/q+1. The molecule has 2 fully saturated rings. The number of Topliss-reactive ketones (excluding diaryl/α,β-unsaturated/α-hetero) is 1. The highest BCUT2D eigenvalue weighted by atomic mass is 16.6. The highest BCUT2D eigenvalue weighted by Crippen LogP contribution is 2.42. The van der Waals surface area contributed by atoms with Crippen molar-refractivity contribution >= 4 is 11.8 Å². The van der Waals surface area contributed by atoms with Crippen LogP contribution in [0.1, 0.15) is 47.7 Å². The number of nitrogens with zero attached hydrogens (tertiary/aromatic N) is 1. The van der Waals surface area contributed by atoms with E-state index in [9.17, 15) is 14.7 Å². The lowest BCUT2D eigenvalue weighted by molar-refractivity contribution is -0.941. The number of likely N-dealkylation sites (N-methyl/N-ethyl adjacent to an activating group) is 1. The number of hydrogen-bond acceptors (Lipinski definition) is 4. The van der Waals surface area contributed by atoms with Crippen molar-refractivity contribution in [2.75, 3.05) is 13.6 Å². The Bertz CT molecular complexity index is 853. The topological polar surface area (TPSA) is 63.6 Å². The molecule has 0 amide bonds. The first-order valence-corrected chi connectivity index (χ1v) is 10.3. The van der Waals surface area contributed by atoms with Crippen LogP contribution in [0.5, 0.6) is 0 Å². The zero-order chi connectivity index (χ0) is 20.4. The quantitative estimate of drug-likeness (QED) is 0.464. The van der Waals surface area contributed by atoms with E-state index >= 15 is 0 Å². The van der Waals surface area contributed by atoms with Crippen molar-refractivity contribution < 1.29 is 23.9 Å². The average Bonchev–Trinajstić information content (AvgIpc) is 2.91. The number of piperidine rings is 1. The summed E-state index contributed by atoms with van der Waals surface area (Å²) in [7, 11) is 2.17. The third kappa shape index (κ3) is 3.98. The highest BCUT2D eigenvalue weighted by molar-refractivity contribution is 5.97. The van der Waals surface area contributed by atoms with Crippen LogP contribution in [0.15, 0.2) is 60.7 Å². The number of benzene rings is 2. The largest absolute Gasteiger partial charge is 0.460 e. The summed E-state index contributed by atoms with van der Waals surface area (Å²) in [6.45, 7) is 0.479. The van der Waals surface area contributed by atoms with Crippen LogP contribution in [0, 0.1) is 0 Å². The number of rotatable bonds is 6. The fourth-order valence-electron chi connectivity index (χ4n) is 5.07. The summed E-state index contributed by atoms with van der Waals surface area (Å²) in [6, 6.07) is 18.9. The van der Waals surface area contributed by atoms with Gasteiger partial charge in [0.15, 0.2) is 6.10 Å². The molecule has 2 heterocycles. The second-order valence-corrected chi connectivity index (χ2v) is 8.52. The first-order valence-electron chi connectivity index (χ1n) is 10.3. The molecule has 0 spiro atoms. The van der Waals surface area contributed by atoms with E-state index in [-0.39, 0.29) is 11.9 Å². The normalized spacial score (nSPS) is 29.2. The van der Waals surface area contributed by atoms with Crippen molar-refractivity contribution in [3.05, 3.63) is 71.8 Å². The van der Waals surface area contributed by atoms with Gasteiger partial charge in [-0.3, -0.25) is 4.79 Å². The minimum Gasteiger partial charge on any atom is -0.460 e. The van der Waals surface area contributed by atoms with E-state index < -0.39 is 12.1 Å². The van der Waals surface area contributed by atoms with E-state index in [1.165, 1.54) is 0 Å². The summed E-state index contributed by atoms with van der Waals surface area (Å²) >= 11 is 0. The fourth-order valence-corrected chi connectivity index (χ4v) is 5.07. The van der Waals surface area contributed by atoms with Crippen molar-refractivity contribution in [3.63, 3.8) is 0 Å². The molecule has 2 aliphatic rings. The van der Waals surface area contributed by atoms with Gasteiger partial charge in [0.1, 0.15) is 12.6 Å². The summed E-state index contributed by atoms with van der Waals surface area (Å²) in [6.07, 6.45) is 2.11. The van der Waals surface area contributed by atoms with Crippen LogP contribution >= 0.6 is 0 Å². The van der Waals surface area contributed by atoms with Crippen molar-refractivity contribution in [1.82, 2.24) is 0 Å². The highest BCUT2D eigenvalue weighted by Gasteiger charge is 2.53. The van der Waals surface area contributed by atoms with Gasteiger partial charge in [0.25, 0.3) is 0 Å². The molecule has 5 heteroatoms. The van der Waals surface area contributed by atoms with E-state index in [2.05, 4.69) is 7.05 Å². The van der Waals surface area contributed by atoms with Gasteiger partial charge in [-0.15, -0.1) is 0 Å². The Kier molecular flexibility index (Phi) is 5.52. The van der Waals surface area contributed by atoms with Gasteiger partial charge in [-0.2, -0.15) is 0 Å². The number of carbonyl (C=O) groups is 2. The van der Waals surface area contributed by atoms with Gasteiger partial charge in [0, 0.05) is 31.2 Å². The van der Waals surface area contributed by atoms with Crippen LogP contribution in [-0.4, -0.2) is 53.1 Å². The summed E-state index contributed by atoms with van der Waals surface area (Å²) < 4.78 is 6.41. The Morgan fingerprint density at radius 3 is 2.14 bits per heavy atom. The Labute approximate surface area is 171 Å². The van der Waals surface area contributed by atoms with Crippen LogP contribution in [0.3, 0.4) is 0 Å². The second kappa shape index (κ2) is 8.09. The molecular formula is C24H28NO4+. The summed E-state index contributed by atoms with van der Waals surface area (Å²) in [4.78, 5) is 25.2. The van der Waals surface area contributed by atoms with Crippen molar-refractivity contribution in [2.24, 2.45) is 0 Å². The molecule has 3 atom stereocenters. The molecular weight excluding hydrogens is 366 g/mol. The zero-order valence-corrected chi connectivity index (χ0v) is 16.7. The first-order chi connectivity index (χ1) is 14.0. The van der Waals surface area contributed by atoms with E-state index in [1.807, 2.05) is 36.4 Å². The van der Waals surface area contributed by atoms with Crippen LogP contribution in [0.25, 0.3) is 0 Å². The molecule has 2 aromatic rings. The zero-order valence-electron chi connectivity index (χ0n) is 16.7. The smallest absolute Gasteiger partial charge is 0.339 e. The Balaban J connectivity index is 1.40. The molecule has 4 rings (SSSR count). The number of esters is 1. The van der Waals surface area contributed by atoms with Gasteiger partial charge in [-0.1, -0.05) is 60.7 Å². The van der Waals surface area contributed by atoms with Crippen LogP contribution in [0.2, 0.25) is 0 Å². The average molecular weight is 394 g/mol. The van der Waals surface area contributed by atoms with Crippen molar-refractivity contribution in [2.45, 2.75) is 50.0 Å². The molecule has 2 saturated heterocycles. The van der Waals surface area contributed by atoms with E-state index in [0.29, 0.717) is 24.2 Å². The minimum absolute atomic E-state index is 0.167. The molecule has 29 heavy (non-hydrogen) atoms. The summed E-state index contributed by atoms with van der Waals surface area (Å²) in [5, 5.41) is 10.3. The lowest BCUT2D eigenvalue weighted by Gasteiger charge is -2.46. The maximum absolute atomic E-state index is 12.8. The van der Waals surface area contributed by atoms with Crippen LogP contribution < -0.4 is 0 Å². The molecule has 0 radical (unpaired) electrons. The Morgan fingerprint density at radius 2 is 1.55 bits per heavy atom. The van der Waals surface area contributed by atoms with E-state index in [1.54, 1.807) is 24.3 Å². The number of aliphatic hydroxyl groups excluding tert-OH is 1. The van der Waals surface area contributed by atoms with Gasteiger partial charge in [0.05, 0.1) is 19.1 Å². The maximum Gasteiger partial charge on any atom is 0.339 e. The predicted octanol–water partition coefficient (Wildman–Crippen LogP) is 3.29. The minimum atomic E-state index is -1.25. The molecule has 0 saturated carbocycles. The number of fused-ring (bicyclic) bond motifs is 2. The first kappa shape index (κ1) is 19.8. The number of ketones is 1.